The number of pyridine rings is 1. The van der Waals surface area contributed by atoms with Crippen molar-refractivity contribution in [2.75, 3.05) is 6.54 Å². The number of hydrogen-bond donors (Lipinski definition) is 1. The standard InChI is InChI=1S/C19H21N3O2S/c1-13-6-5-7-15(10-13)19-22(18(24)14(2)25-19)12-17(23)21-11-16-8-3-4-9-20-16/h3-10,14,19H,11-12H2,1-2H3,(H,21,23). The Balaban J connectivity index is 1.67. The maximum Gasteiger partial charge on any atom is 0.240 e. The van der Waals surface area contributed by atoms with Crippen molar-refractivity contribution in [1.82, 2.24) is 15.2 Å². The minimum atomic E-state index is -0.175. The van der Waals surface area contributed by atoms with Crippen LogP contribution in [0.5, 0.6) is 0 Å². The van der Waals surface area contributed by atoms with Crippen molar-refractivity contribution in [2.45, 2.75) is 31.0 Å². The Hall–Kier alpha value is -2.34. The first-order valence-corrected chi connectivity index (χ1v) is 9.18. The molecule has 1 aromatic heterocycles. The third-order valence-corrected chi connectivity index (χ3v) is 5.48. The third-order valence-electron chi connectivity index (χ3n) is 4.08. The van der Waals surface area contributed by atoms with Crippen LogP contribution in [0.25, 0.3) is 0 Å². The Morgan fingerprint density at radius 2 is 2.12 bits per heavy atom. The van der Waals surface area contributed by atoms with E-state index < -0.39 is 0 Å². The lowest BCUT2D eigenvalue weighted by molar-refractivity contribution is -0.135. The van der Waals surface area contributed by atoms with Gasteiger partial charge in [0.05, 0.1) is 17.5 Å². The van der Waals surface area contributed by atoms with Crippen LogP contribution in [0.2, 0.25) is 0 Å². The summed E-state index contributed by atoms with van der Waals surface area (Å²) < 4.78 is 0. The van der Waals surface area contributed by atoms with Gasteiger partial charge in [-0.15, -0.1) is 11.8 Å². The first-order chi connectivity index (χ1) is 12.0. The van der Waals surface area contributed by atoms with E-state index in [-0.39, 0.29) is 29.0 Å². The molecule has 1 fully saturated rings. The molecule has 5 nitrogen and oxygen atoms in total. The number of carbonyl (C=O) groups excluding carboxylic acids is 2. The Kier molecular flexibility index (Phi) is 5.38. The number of benzene rings is 1. The maximum atomic E-state index is 12.5. The second-order valence-electron chi connectivity index (χ2n) is 6.11. The largest absolute Gasteiger partial charge is 0.349 e. The van der Waals surface area contributed by atoms with Crippen LogP contribution < -0.4 is 5.32 Å². The van der Waals surface area contributed by atoms with Crippen molar-refractivity contribution >= 4 is 23.6 Å². The Morgan fingerprint density at radius 3 is 2.84 bits per heavy atom. The average Bonchev–Trinajstić information content (AvgIpc) is 2.89. The quantitative estimate of drug-likeness (QED) is 0.896. The predicted molar refractivity (Wildman–Crippen MR) is 98.8 cm³/mol. The van der Waals surface area contributed by atoms with E-state index in [0.29, 0.717) is 6.54 Å². The second-order valence-corrected chi connectivity index (χ2v) is 7.53. The number of aryl methyl sites for hydroxylation is 1. The summed E-state index contributed by atoms with van der Waals surface area (Å²) in [4.78, 5) is 30.7. The molecule has 0 spiro atoms. The lowest BCUT2D eigenvalue weighted by atomic mass is 10.1. The van der Waals surface area contributed by atoms with Crippen molar-refractivity contribution in [3.05, 3.63) is 65.5 Å². The van der Waals surface area contributed by atoms with Crippen LogP contribution in [0.4, 0.5) is 0 Å². The van der Waals surface area contributed by atoms with Gasteiger partial charge in [0.2, 0.25) is 11.8 Å². The van der Waals surface area contributed by atoms with Crippen LogP contribution in [0.1, 0.15) is 29.1 Å². The molecule has 1 N–H and O–H groups in total. The van der Waals surface area contributed by atoms with Crippen molar-refractivity contribution in [1.29, 1.82) is 0 Å². The monoisotopic (exact) mass is 355 g/mol. The second kappa shape index (κ2) is 7.70. The molecular weight excluding hydrogens is 334 g/mol. The van der Waals surface area contributed by atoms with Crippen molar-refractivity contribution < 1.29 is 9.59 Å². The predicted octanol–water partition coefficient (Wildman–Crippen LogP) is 2.67. The first kappa shape index (κ1) is 17.5. The number of aromatic nitrogens is 1. The van der Waals surface area contributed by atoms with Crippen molar-refractivity contribution in [2.24, 2.45) is 0 Å². The summed E-state index contributed by atoms with van der Waals surface area (Å²) >= 11 is 1.58. The third kappa shape index (κ3) is 4.20. The Morgan fingerprint density at radius 1 is 1.28 bits per heavy atom. The minimum Gasteiger partial charge on any atom is -0.349 e. The molecular formula is C19H21N3O2S. The van der Waals surface area contributed by atoms with Crippen molar-refractivity contribution in [3.8, 4) is 0 Å². The maximum absolute atomic E-state index is 12.5. The molecule has 0 radical (unpaired) electrons. The number of carbonyl (C=O) groups is 2. The van der Waals surface area contributed by atoms with E-state index in [1.165, 1.54) is 0 Å². The molecule has 2 heterocycles. The molecule has 6 heteroatoms. The molecule has 0 saturated carbocycles. The van der Waals surface area contributed by atoms with E-state index in [2.05, 4.69) is 16.4 Å². The normalized spacial score (nSPS) is 19.9. The number of rotatable bonds is 5. The zero-order chi connectivity index (χ0) is 17.8. The summed E-state index contributed by atoms with van der Waals surface area (Å²) in [6, 6.07) is 13.7. The van der Waals surface area contributed by atoms with Gasteiger partial charge in [-0.3, -0.25) is 14.6 Å². The van der Waals surface area contributed by atoms with Crippen LogP contribution in [-0.4, -0.2) is 33.5 Å². The summed E-state index contributed by atoms with van der Waals surface area (Å²) in [5.41, 5.74) is 2.99. The zero-order valence-corrected chi connectivity index (χ0v) is 15.1. The SMILES string of the molecule is Cc1cccc(C2SC(C)C(=O)N2CC(=O)NCc2ccccn2)c1. The average molecular weight is 355 g/mol. The minimum absolute atomic E-state index is 0.00416. The first-order valence-electron chi connectivity index (χ1n) is 8.23. The van der Waals surface area contributed by atoms with Gasteiger partial charge in [-0.2, -0.15) is 0 Å². The van der Waals surface area contributed by atoms with Gasteiger partial charge in [-0.05, 0) is 31.5 Å². The fraction of sp³-hybridized carbons (Fsp3) is 0.316. The highest BCUT2D eigenvalue weighted by Gasteiger charge is 2.39. The molecule has 1 saturated heterocycles. The number of thioether (sulfide) groups is 1. The summed E-state index contributed by atoms with van der Waals surface area (Å²) in [5, 5.41) is 2.57. The summed E-state index contributed by atoms with van der Waals surface area (Å²) in [7, 11) is 0. The van der Waals surface area contributed by atoms with Gasteiger partial charge in [-0.25, -0.2) is 0 Å². The zero-order valence-electron chi connectivity index (χ0n) is 14.3. The van der Waals surface area contributed by atoms with Gasteiger partial charge in [-0.1, -0.05) is 35.9 Å². The molecule has 1 aliphatic rings. The van der Waals surface area contributed by atoms with Crippen LogP contribution in [0.15, 0.2) is 48.7 Å². The molecule has 25 heavy (non-hydrogen) atoms. The number of amides is 2. The Bertz CT molecular complexity index is 766. The molecule has 3 rings (SSSR count). The molecule has 2 unspecified atom stereocenters. The summed E-state index contributed by atoms with van der Waals surface area (Å²) in [6.45, 7) is 4.33. The van der Waals surface area contributed by atoms with E-state index in [9.17, 15) is 9.59 Å². The molecule has 0 bridgehead atoms. The molecule has 2 amide bonds. The van der Waals surface area contributed by atoms with Gasteiger partial charge in [0, 0.05) is 6.20 Å². The fourth-order valence-corrected chi connectivity index (χ4v) is 4.09. The Labute approximate surface area is 151 Å². The molecule has 2 atom stereocenters. The summed E-state index contributed by atoms with van der Waals surface area (Å²) in [5.74, 6) is -0.171. The summed E-state index contributed by atoms with van der Waals surface area (Å²) in [6.07, 6.45) is 1.69. The fourth-order valence-electron chi connectivity index (χ4n) is 2.82. The topological polar surface area (TPSA) is 62.3 Å². The van der Waals surface area contributed by atoms with E-state index in [1.54, 1.807) is 22.9 Å². The van der Waals surface area contributed by atoms with E-state index in [4.69, 9.17) is 0 Å². The molecule has 0 aliphatic carbocycles. The molecule has 1 aliphatic heterocycles. The highest BCUT2D eigenvalue weighted by molar-refractivity contribution is 8.01. The van der Waals surface area contributed by atoms with E-state index in [0.717, 1.165) is 16.8 Å². The lowest BCUT2D eigenvalue weighted by Gasteiger charge is -2.24. The van der Waals surface area contributed by atoms with Gasteiger partial charge in [0.15, 0.2) is 0 Å². The van der Waals surface area contributed by atoms with Gasteiger partial charge >= 0.3 is 0 Å². The highest BCUT2D eigenvalue weighted by Crippen LogP contribution is 2.42. The molecule has 130 valence electrons. The molecule has 2 aromatic rings. The lowest BCUT2D eigenvalue weighted by Crippen LogP contribution is -2.40. The van der Waals surface area contributed by atoms with Gasteiger partial charge in [0.1, 0.15) is 11.9 Å². The highest BCUT2D eigenvalue weighted by atomic mass is 32.2. The van der Waals surface area contributed by atoms with Crippen LogP contribution in [0, 0.1) is 6.92 Å². The number of hydrogen-bond acceptors (Lipinski definition) is 4. The number of nitrogens with one attached hydrogen (secondary N) is 1. The molecule has 1 aromatic carbocycles. The van der Waals surface area contributed by atoms with E-state index in [1.807, 2.05) is 50.2 Å². The van der Waals surface area contributed by atoms with Crippen LogP contribution in [0.3, 0.4) is 0 Å². The number of nitrogens with zero attached hydrogens (tertiary/aromatic N) is 2. The van der Waals surface area contributed by atoms with E-state index >= 15 is 0 Å². The smallest absolute Gasteiger partial charge is 0.240 e. The van der Waals surface area contributed by atoms with Crippen LogP contribution >= 0.6 is 11.8 Å². The van der Waals surface area contributed by atoms with Gasteiger partial charge < -0.3 is 10.2 Å². The van der Waals surface area contributed by atoms with Crippen LogP contribution in [-0.2, 0) is 16.1 Å². The van der Waals surface area contributed by atoms with Crippen molar-refractivity contribution in [3.63, 3.8) is 0 Å². The van der Waals surface area contributed by atoms with Gasteiger partial charge in [0.25, 0.3) is 0 Å².